The lowest BCUT2D eigenvalue weighted by Gasteiger charge is -2.25. The molecule has 7 nitrogen and oxygen atoms in total. The summed E-state index contributed by atoms with van der Waals surface area (Å²) >= 11 is 0. The first-order valence-corrected chi connectivity index (χ1v) is 10.1. The number of sulfonamides is 1. The van der Waals surface area contributed by atoms with Crippen LogP contribution in [0.15, 0.2) is 33.6 Å². The van der Waals surface area contributed by atoms with Gasteiger partial charge in [0.15, 0.2) is 5.84 Å². The van der Waals surface area contributed by atoms with Crippen molar-refractivity contribution in [3.8, 4) is 0 Å². The standard InChI is InChI=1S/C18H25N3O4S/c1-18(2,3)25-17(22)21-10-9-13(12-21)11-20(4)16-14-7-5-6-8-15(14)26(23,24)19-16/h5-8,13H,9-12H2,1-4H3/t13-/m1/s1. The van der Waals surface area contributed by atoms with Crippen molar-refractivity contribution in [3.63, 3.8) is 0 Å². The van der Waals surface area contributed by atoms with E-state index in [1.165, 1.54) is 0 Å². The second-order valence-corrected chi connectivity index (χ2v) is 9.42. The highest BCUT2D eigenvalue weighted by Gasteiger charge is 2.34. The van der Waals surface area contributed by atoms with Crippen LogP contribution in [0.3, 0.4) is 0 Å². The summed E-state index contributed by atoms with van der Waals surface area (Å²) in [6.07, 6.45) is 0.555. The predicted molar refractivity (Wildman–Crippen MR) is 98.7 cm³/mol. The van der Waals surface area contributed by atoms with Gasteiger partial charge in [0.2, 0.25) is 0 Å². The summed E-state index contributed by atoms with van der Waals surface area (Å²) < 4.78 is 33.8. The molecule has 0 N–H and O–H groups in total. The second-order valence-electron chi connectivity index (χ2n) is 7.85. The Balaban J connectivity index is 1.65. The average Bonchev–Trinajstić information content (AvgIpc) is 3.09. The monoisotopic (exact) mass is 379 g/mol. The highest BCUT2D eigenvalue weighted by atomic mass is 32.2. The number of likely N-dealkylation sites (tertiary alicyclic amines) is 1. The van der Waals surface area contributed by atoms with Gasteiger partial charge < -0.3 is 14.5 Å². The maximum Gasteiger partial charge on any atom is 0.410 e. The van der Waals surface area contributed by atoms with Gasteiger partial charge in [-0.2, -0.15) is 8.42 Å². The lowest BCUT2D eigenvalue weighted by atomic mass is 10.1. The van der Waals surface area contributed by atoms with E-state index < -0.39 is 15.6 Å². The van der Waals surface area contributed by atoms with Crippen molar-refractivity contribution in [1.29, 1.82) is 0 Å². The van der Waals surface area contributed by atoms with Gasteiger partial charge in [-0.3, -0.25) is 0 Å². The van der Waals surface area contributed by atoms with E-state index in [0.717, 1.165) is 6.42 Å². The summed E-state index contributed by atoms with van der Waals surface area (Å²) in [7, 11) is -1.78. The molecule has 142 valence electrons. The Morgan fingerprint density at radius 3 is 2.73 bits per heavy atom. The van der Waals surface area contributed by atoms with Gasteiger partial charge in [-0.15, -0.1) is 4.40 Å². The molecule has 1 saturated heterocycles. The zero-order valence-electron chi connectivity index (χ0n) is 15.6. The number of nitrogens with zero attached hydrogens (tertiary/aromatic N) is 3. The third-order valence-corrected chi connectivity index (χ3v) is 5.77. The summed E-state index contributed by atoms with van der Waals surface area (Å²) in [6.45, 7) is 7.42. The summed E-state index contributed by atoms with van der Waals surface area (Å²) in [5.74, 6) is 0.710. The van der Waals surface area contributed by atoms with Crippen LogP contribution >= 0.6 is 0 Å². The minimum atomic E-state index is -3.62. The fourth-order valence-electron chi connectivity index (χ4n) is 3.31. The fraction of sp³-hybridized carbons (Fsp3) is 0.556. The first-order chi connectivity index (χ1) is 12.1. The summed E-state index contributed by atoms with van der Waals surface area (Å²) in [6, 6.07) is 6.86. The van der Waals surface area contributed by atoms with Crippen LogP contribution in [0.2, 0.25) is 0 Å². The van der Waals surface area contributed by atoms with Gasteiger partial charge in [0.1, 0.15) is 10.5 Å². The average molecular weight is 379 g/mol. The summed E-state index contributed by atoms with van der Waals surface area (Å²) in [5, 5.41) is 0. The number of benzene rings is 1. The quantitative estimate of drug-likeness (QED) is 0.788. The number of amides is 1. The molecule has 2 aliphatic rings. The van der Waals surface area contributed by atoms with Gasteiger partial charge in [-0.25, -0.2) is 4.79 Å². The number of hydrogen-bond donors (Lipinski definition) is 0. The van der Waals surface area contributed by atoms with Crippen LogP contribution < -0.4 is 0 Å². The fourth-order valence-corrected chi connectivity index (χ4v) is 4.56. The molecule has 0 radical (unpaired) electrons. The van der Waals surface area contributed by atoms with Gasteiger partial charge in [0, 0.05) is 32.2 Å². The number of carbonyl (C=O) groups is 1. The Morgan fingerprint density at radius 2 is 2.04 bits per heavy atom. The number of fused-ring (bicyclic) bond motifs is 1. The maximum atomic E-state index is 12.2. The van der Waals surface area contributed by atoms with Crippen LogP contribution in [-0.4, -0.2) is 62.4 Å². The topological polar surface area (TPSA) is 79.3 Å². The molecule has 0 bridgehead atoms. The molecular formula is C18H25N3O4S. The molecule has 1 aromatic rings. The maximum absolute atomic E-state index is 12.2. The minimum Gasteiger partial charge on any atom is -0.444 e. The molecule has 8 heteroatoms. The van der Waals surface area contributed by atoms with Gasteiger partial charge in [0.05, 0.1) is 0 Å². The molecule has 3 rings (SSSR count). The highest BCUT2D eigenvalue weighted by Crippen LogP contribution is 2.28. The second kappa shape index (κ2) is 6.57. The van der Waals surface area contributed by atoms with E-state index in [-0.39, 0.29) is 16.9 Å². The minimum absolute atomic E-state index is 0.241. The lowest BCUT2D eigenvalue weighted by molar-refractivity contribution is 0.0287. The number of rotatable bonds is 2. The molecule has 0 spiro atoms. The van der Waals surface area contributed by atoms with Gasteiger partial charge in [-0.05, 0) is 45.2 Å². The molecule has 0 aliphatic carbocycles. The van der Waals surface area contributed by atoms with Crippen molar-refractivity contribution in [1.82, 2.24) is 9.80 Å². The summed E-state index contributed by atoms with van der Waals surface area (Å²) in [4.78, 5) is 16.0. The molecule has 26 heavy (non-hydrogen) atoms. The van der Waals surface area contributed by atoms with Crippen molar-refractivity contribution >= 4 is 22.0 Å². The first kappa shape index (κ1) is 18.7. The van der Waals surface area contributed by atoms with Crippen LogP contribution in [-0.2, 0) is 14.8 Å². The molecule has 1 atom stereocenters. The molecule has 0 aromatic heterocycles. The van der Waals surface area contributed by atoms with Crippen molar-refractivity contribution in [3.05, 3.63) is 29.8 Å². The normalized spacial score (nSPS) is 21.3. The smallest absolute Gasteiger partial charge is 0.410 e. The molecule has 1 fully saturated rings. The third-order valence-electron chi connectivity index (χ3n) is 4.44. The molecule has 0 saturated carbocycles. The number of ether oxygens (including phenoxy) is 1. The van der Waals surface area contributed by atoms with E-state index in [1.807, 2.05) is 38.8 Å². The third kappa shape index (κ3) is 3.85. The van der Waals surface area contributed by atoms with Gasteiger partial charge >= 0.3 is 6.09 Å². The van der Waals surface area contributed by atoms with Crippen LogP contribution in [0.1, 0.15) is 32.8 Å². The van der Waals surface area contributed by atoms with Crippen molar-refractivity contribution in [2.45, 2.75) is 37.7 Å². The van der Waals surface area contributed by atoms with E-state index in [9.17, 15) is 13.2 Å². The molecular weight excluding hydrogens is 354 g/mol. The van der Waals surface area contributed by atoms with Crippen LogP contribution in [0.25, 0.3) is 0 Å². The molecule has 2 heterocycles. The van der Waals surface area contributed by atoms with Crippen LogP contribution in [0.5, 0.6) is 0 Å². The van der Waals surface area contributed by atoms with E-state index in [1.54, 1.807) is 23.1 Å². The zero-order valence-corrected chi connectivity index (χ0v) is 16.4. The molecule has 1 aromatic carbocycles. The Morgan fingerprint density at radius 1 is 1.35 bits per heavy atom. The Labute approximate surface area is 154 Å². The predicted octanol–water partition coefficient (Wildman–Crippen LogP) is 2.32. The van der Waals surface area contributed by atoms with E-state index >= 15 is 0 Å². The van der Waals surface area contributed by atoms with E-state index in [2.05, 4.69) is 4.40 Å². The van der Waals surface area contributed by atoms with Crippen molar-refractivity contribution in [2.75, 3.05) is 26.7 Å². The molecule has 2 aliphatic heterocycles. The van der Waals surface area contributed by atoms with Crippen molar-refractivity contribution < 1.29 is 17.9 Å². The Kier molecular flexibility index (Phi) is 4.72. The summed E-state index contributed by atoms with van der Waals surface area (Å²) in [5.41, 5.74) is 0.125. The van der Waals surface area contributed by atoms with Crippen molar-refractivity contribution in [2.24, 2.45) is 10.3 Å². The lowest BCUT2D eigenvalue weighted by Crippen LogP contribution is -2.37. The molecule has 0 unspecified atom stereocenters. The van der Waals surface area contributed by atoms with E-state index in [4.69, 9.17) is 4.74 Å². The number of amidine groups is 1. The van der Waals surface area contributed by atoms with Gasteiger partial charge in [-0.1, -0.05) is 12.1 Å². The van der Waals surface area contributed by atoms with Gasteiger partial charge in [0.25, 0.3) is 10.0 Å². The Hall–Kier alpha value is -2.09. The molecule has 1 amide bonds. The Bertz CT molecular complexity index is 842. The van der Waals surface area contributed by atoms with Crippen LogP contribution in [0, 0.1) is 5.92 Å². The van der Waals surface area contributed by atoms with Crippen LogP contribution in [0.4, 0.5) is 4.79 Å². The highest BCUT2D eigenvalue weighted by molar-refractivity contribution is 7.90. The van der Waals surface area contributed by atoms with E-state index in [0.29, 0.717) is 31.0 Å². The first-order valence-electron chi connectivity index (χ1n) is 8.70. The SMILES string of the molecule is CN(C[C@H]1CCN(C(=O)OC(C)(C)C)C1)C1=NS(=O)(=O)c2ccccc21. The largest absolute Gasteiger partial charge is 0.444 e. The number of hydrogen-bond acceptors (Lipinski definition) is 5. The number of carbonyl (C=O) groups excluding carboxylic acids is 1. The zero-order chi connectivity index (χ0) is 19.1.